The number of carbonyl (C=O) groups excluding carboxylic acids is 2. The number of nitrogens with one attached hydrogen (secondary N) is 2. The summed E-state index contributed by atoms with van der Waals surface area (Å²) in [6, 6.07) is 12.1. The molecule has 0 radical (unpaired) electrons. The number of benzene rings is 2. The summed E-state index contributed by atoms with van der Waals surface area (Å²) < 4.78 is 1.47. The SMILES string of the molecule is Cc1ccc(NC(=O)NC(=O)CSc2nnnn2-c2cccc(Cl)c2)c(C)c1. The van der Waals surface area contributed by atoms with Crippen molar-refractivity contribution < 1.29 is 9.59 Å². The maximum atomic E-state index is 12.1. The number of urea groups is 1. The van der Waals surface area contributed by atoms with E-state index in [0.717, 1.165) is 22.9 Å². The van der Waals surface area contributed by atoms with Crippen molar-refractivity contribution in [3.05, 3.63) is 58.6 Å². The average Bonchev–Trinajstić information content (AvgIpc) is 3.11. The van der Waals surface area contributed by atoms with E-state index in [1.165, 1.54) is 4.68 Å². The molecular formula is C18H17ClN6O2S. The summed E-state index contributed by atoms with van der Waals surface area (Å²) in [7, 11) is 0. The molecule has 3 amide bonds. The molecule has 144 valence electrons. The molecule has 10 heteroatoms. The standard InChI is InChI=1S/C18H17ClN6O2S/c1-11-6-7-15(12(2)8-11)20-17(27)21-16(26)10-28-18-22-23-24-25(18)14-5-3-4-13(19)9-14/h3-9H,10H2,1-2H3,(H2,20,21,26,27). The maximum Gasteiger partial charge on any atom is 0.325 e. The molecule has 2 aromatic carbocycles. The zero-order valence-electron chi connectivity index (χ0n) is 15.1. The number of rotatable bonds is 5. The second-order valence-electron chi connectivity index (χ2n) is 5.96. The molecule has 0 saturated carbocycles. The van der Waals surface area contributed by atoms with Crippen molar-refractivity contribution >= 4 is 41.0 Å². The first-order chi connectivity index (χ1) is 13.4. The number of imide groups is 1. The van der Waals surface area contributed by atoms with Crippen molar-refractivity contribution in [2.75, 3.05) is 11.1 Å². The van der Waals surface area contributed by atoms with E-state index in [9.17, 15) is 9.59 Å². The van der Waals surface area contributed by atoms with E-state index in [1.807, 2.05) is 26.0 Å². The minimum atomic E-state index is -0.591. The molecule has 0 aliphatic carbocycles. The van der Waals surface area contributed by atoms with Crippen molar-refractivity contribution in [1.29, 1.82) is 0 Å². The van der Waals surface area contributed by atoms with Crippen LogP contribution in [0.4, 0.5) is 10.5 Å². The van der Waals surface area contributed by atoms with E-state index in [-0.39, 0.29) is 5.75 Å². The normalized spacial score (nSPS) is 10.5. The van der Waals surface area contributed by atoms with Gasteiger partial charge in [0, 0.05) is 10.7 Å². The van der Waals surface area contributed by atoms with Crippen LogP contribution in [-0.2, 0) is 4.79 Å². The summed E-state index contributed by atoms with van der Waals surface area (Å²) in [6.45, 7) is 3.85. The predicted octanol–water partition coefficient (Wildman–Crippen LogP) is 3.37. The second kappa shape index (κ2) is 8.85. The van der Waals surface area contributed by atoms with Gasteiger partial charge in [0.05, 0.1) is 11.4 Å². The molecular weight excluding hydrogens is 400 g/mol. The van der Waals surface area contributed by atoms with E-state index in [0.29, 0.717) is 21.6 Å². The number of aryl methyl sites for hydroxylation is 2. The minimum absolute atomic E-state index is 0.0265. The molecule has 0 aliphatic heterocycles. The van der Waals surface area contributed by atoms with Gasteiger partial charge in [-0.2, -0.15) is 4.68 Å². The van der Waals surface area contributed by atoms with Gasteiger partial charge in [0.1, 0.15) is 0 Å². The molecule has 0 spiro atoms. The first-order valence-electron chi connectivity index (χ1n) is 8.27. The van der Waals surface area contributed by atoms with Crippen LogP contribution in [0.3, 0.4) is 0 Å². The Balaban J connectivity index is 1.56. The van der Waals surface area contributed by atoms with E-state index >= 15 is 0 Å². The Morgan fingerprint density at radius 1 is 1.18 bits per heavy atom. The van der Waals surface area contributed by atoms with Crippen LogP contribution < -0.4 is 10.6 Å². The van der Waals surface area contributed by atoms with Gasteiger partial charge in [0.15, 0.2) is 0 Å². The molecule has 0 saturated heterocycles. The van der Waals surface area contributed by atoms with Gasteiger partial charge in [-0.1, -0.05) is 47.1 Å². The smallest absolute Gasteiger partial charge is 0.307 e. The van der Waals surface area contributed by atoms with Gasteiger partial charge in [-0.05, 0) is 54.1 Å². The lowest BCUT2D eigenvalue weighted by Gasteiger charge is -2.10. The van der Waals surface area contributed by atoms with E-state index in [4.69, 9.17) is 11.6 Å². The second-order valence-corrected chi connectivity index (χ2v) is 7.34. The number of hydrogen-bond acceptors (Lipinski definition) is 6. The largest absolute Gasteiger partial charge is 0.325 e. The third-order valence-electron chi connectivity index (χ3n) is 3.71. The van der Waals surface area contributed by atoms with Gasteiger partial charge >= 0.3 is 6.03 Å². The van der Waals surface area contributed by atoms with Crippen LogP contribution in [0.1, 0.15) is 11.1 Å². The molecule has 8 nitrogen and oxygen atoms in total. The molecule has 2 N–H and O–H groups in total. The summed E-state index contributed by atoms with van der Waals surface area (Å²) in [5.41, 5.74) is 3.33. The number of amides is 3. The predicted molar refractivity (Wildman–Crippen MR) is 108 cm³/mol. The molecule has 0 bridgehead atoms. The highest BCUT2D eigenvalue weighted by Gasteiger charge is 2.14. The first-order valence-corrected chi connectivity index (χ1v) is 9.64. The molecule has 3 rings (SSSR count). The van der Waals surface area contributed by atoms with Gasteiger partial charge < -0.3 is 5.32 Å². The Hall–Kier alpha value is -2.91. The molecule has 0 atom stereocenters. The maximum absolute atomic E-state index is 12.1. The third-order valence-corrected chi connectivity index (χ3v) is 4.86. The zero-order valence-corrected chi connectivity index (χ0v) is 16.7. The summed E-state index contributed by atoms with van der Waals surface area (Å²) >= 11 is 7.10. The monoisotopic (exact) mass is 416 g/mol. The first kappa shape index (κ1) is 19.8. The van der Waals surface area contributed by atoms with Gasteiger partial charge in [0.2, 0.25) is 11.1 Å². The highest BCUT2D eigenvalue weighted by atomic mass is 35.5. The topological polar surface area (TPSA) is 102 Å². The van der Waals surface area contributed by atoms with Crippen LogP contribution in [0.5, 0.6) is 0 Å². The number of carbonyl (C=O) groups is 2. The number of anilines is 1. The van der Waals surface area contributed by atoms with Gasteiger partial charge in [-0.3, -0.25) is 10.1 Å². The Morgan fingerprint density at radius 3 is 2.75 bits per heavy atom. The number of halogens is 1. The fourth-order valence-electron chi connectivity index (χ4n) is 2.44. The number of aromatic nitrogens is 4. The fraction of sp³-hybridized carbons (Fsp3) is 0.167. The molecule has 3 aromatic rings. The van der Waals surface area contributed by atoms with Crippen LogP contribution >= 0.6 is 23.4 Å². The van der Waals surface area contributed by atoms with E-state index in [2.05, 4.69) is 26.2 Å². The molecule has 0 unspecified atom stereocenters. The van der Waals surface area contributed by atoms with Crippen molar-refractivity contribution in [3.8, 4) is 5.69 Å². The van der Waals surface area contributed by atoms with Crippen molar-refractivity contribution in [3.63, 3.8) is 0 Å². The van der Waals surface area contributed by atoms with Crippen LogP contribution in [0, 0.1) is 13.8 Å². The zero-order chi connectivity index (χ0) is 20.1. The highest BCUT2D eigenvalue weighted by Crippen LogP contribution is 2.20. The van der Waals surface area contributed by atoms with E-state index < -0.39 is 11.9 Å². The number of thioether (sulfide) groups is 1. The molecule has 1 aromatic heterocycles. The van der Waals surface area contributed by atoms with Crippen LogP contribution in [0.25, 0.3) is 5.69 Å². The third kappa shape index (κ3) is 5.08. The lowest BCUT2D eigenvalue weighted by atomic mass is 10.1. The Labute approximate surface area is 170 Å². The molecule has 0 aliphatic rings. The highest BCUT2D eigenvalue weighted by molar-refractivity contribution is 7.99. The van der Waals surface area contributed by atoms with Gasteiger partial charge in [-0.15, -0.1) is 5.10 Å². The fourth-order valence-corrected chi connectivity index (χ4v) is 3.31. The molecule has 1 heterocycles. The average molecular weight is 417 g/mol. The summed E-state index contributed by atoms with van der Waals surface area (Å²) in [5.74, 6) is -0.491. The van der Waals surface area contributed by atoms with Crippen LogP contribution in [0.15, 0.2) is 47.6 Å². The lowest BCUT2D eigenvalue weighted by Crippen LogP contribution is -2.35. The van der Waals surface area contributed by atoms with Crippen LogP contribution in [-0.4, -0.2) is 37.9 Å². The lowest BCUT2D eigenvalue weighted by molar-refractivity contribution is -0.117. The Bertz CT molecular complexity index is 1020. The number of nitrogens with zero attached hydrogens (tertiary/aromatic N) is 4. The van der Waals surface area contributed by atoms with Gasteiger partial charge in [0.25, 0.3) is 0 Å². The van der Waals surface area contributed by atoms with Crippen molar-refractivity contribution in [2.24, 2.45) is 0 Å². The summed E-state index contributed by atoms with van der Waals surface area (Å²) in [4.78, 5) is 24.1. The van der Waals surface area contributed by atoms with Crippen LogP contribution in [0.2, 0.25) is 5.02 Å². The van der Waals surface area contributed by atoms with Crippen molar-refractivity contribution in [2.45, 2.75) is 19.0 Å². The Kier molecular flexibility index (Phi) is 6.27. The molecule has 0 fully saturated rings. The number of hydrogen-bond donors (Lipinski definition) is 2. The van der Waals surface area contributed by atoms with E-state index in [1.54, 1.807) is 30.3 Å². The Morgan fingerprint density at radius 2 is 2.00 bits per heavy atom. The number of tetrazole rings is 1. The summed E-state index contributed by atoms with van der Waals surface area (Å²) in [5, 5.41) is 17.3. The van der Waals surface area contributed by atoms with Gasteiger partial charge in [-0.25, -0.2) is 4.79 Å². The molecule has 28 heavy (non-hydrogen) atoms. The quantitative estimate of drug-likeness (QED) is 0.618. The minimum Gasteiger partial charge on any atom is -0.307 e. The summed E-state index contributed by atoms with van der Waals surface area (Å²) in [6.07, 6.45) is 0. The van der Waals surface area contributed by atoms with Crippen molar-refractivity contribution in [1.82, 2.24) is 25.5 Å².